The monoisotopic (exact) mass is 387 g/mol. The lowest BCUT2D eigenvalue weighted by molar-refractivity contribution is -0.182. The molecular formula is C17H20F3N3O2S. The maximum atomic E-state index is 13.0. The lowest BCUT2D eigenvalue weighted by Crippen LogP contribution is -2.34. The van der Waals surface area contributed by atoms with E-state index in [1.165, 1.54) is 17.7 Å². The summed E-state index contributed by atoms with van der Waals surface area (Å²) in [5.74, 6) is -1.23. The predicted molar refractivity (Wildman–Crippen MR) is 93.5 cm³/mol. The molecule has 3 rings (SSSR count). The van der Waals surface area contributed by atoms with Crippen LogP contribution in [0.1, 0.15) is 47.8 Å². The zero-order chi connectivity index (χ0) is 18.9. The number of halogens is 3. The van der Waals surface area contributed by atoms with Crippen LogP contribution in [0, 0.1) is 12.8 Å². The number of rotatable bonds is 4. The molecule has 0 unspecified atom stereocenters. The molecule has 0 aliphatic heterocycles. The van der Waals surface area contributed by atoms with Crippen molar-refractivity contribution in [1.29, 1.82) is 0 Å². The summed E-state index contributed by atoms with van der Waals surface area (Å²) in [5, 5.41) is 3.83. The van der Waals surface area contributed by atoms with Crippen LogP contribution in [0.4, 0.5) is 19.0 Å². The fraction of sp³-hybridized carbons (Fsp3) is 0.588. The summed E-state index contributed by atoms with van der Waals surface area (Å²) >= 11 is 1.21. The third-order valence-corrected chi connectivity index (χ3v) is 5.85. The largest absolute Gasteiger partial charge is 0.462 e. The third kappa shape index (κ3) is 3.77. The SMILES string of the molecule is CCOC(=O)c1sc2ncnc(N[C@H]3CCC[C@H](C(F)(F)F)C3)c2c1C. The Bertz CT molecular complexity index is 806. The van der Waals surface area contributed by atoms with Gasteiger partial charge in [-0.05, 0) is 38.7 Å². The number of hydrogen-bond donors (Lipinski definition) is 1. The fourth-order valence-corrected chi connectivity index (χ4v) is 4.43. The van der Waals surface area contributed by atoms with Crippen LogP contribution in [0.3, 0.4) is 0 Å². The van der Waals surface area contributed by atoms with Gasteiger partial charge in [0.25, 0.3) is 0 Å². The molecule has 2 aromatic rings. The van der Waals surface area contributed by atoms with E-state index in [1.807, 2.05) is 0 Å². The molecule has 2 aromatic heterocycles. The summed E-state index contributed by atoms with van der Waals surface area (Å²) in [5.41, 5.74) is 0.690. The fourth-order valence-electron chi connectivity index (χ4n) is 3.38. The number of ether oxygens (including phenoxy) is 1. The molecule has 1 aliphatic carbocycles. The summed E-state index contributed by atoms with van der Waals surface area (Å²) < 4.78 is 44.2. The van der Waals surface area contributed by atoms with Gasteiger partial charge >= 0.3 is 12.1 Å². The average molecular weight is 387 g/mol. The minimum absolute atomic E-state index is 0.0307. The highest BCUT2D eigenvalue weighted by atomic mass is 32.1. The van der Waals surface area contributed by atoms with Crippen LogP contribution in [0.2, 0.25) is 0 Å². The van der Waals surface area contributed by atoms with Crippen LogP contribution in [-0.4, -0.2) is 34.8 Å². The van der Waals surface area contributed by atoms with Gasteiger partial charge in [0.15, 0.2) is 0 Å². The summed E-state index contributed by atoms with van der Waals surface area (Å²) in [6.45, 7) is 3.77. The second kappa shape index (κ2) is 7.38. The Labute approximate surface area is 153 Å². The summed E-state index contributed by atoms with van der Waals surface area (Å²) in [4.78, 5) is 21.6. The molecular weight excluding hydrogens is 367 g/mol. The molecule has 1 fully saturated rings. The van der Waals surface area contributed by atoms with E-state index in [0.717, 1.165) is 0 Å². The van der Waals surface area contributed by atoms with Gasteiger partial charge in [0.05, 0.1) is 17.9 Å². The number of carbonyl (C=O) groups is 1. The van der Waals surface area contributed by atoms with Gasteiger partial charge in [-0.15, -0.1) is 11.3 Å². The molecule has 1 saturated carbocycles. The zero-order valence-electron chi connectivity index (χ0n) is 14.5. The number of esters is 1. The Morgan fingerprint density at radius 3 is 2.85 bits per heavy atom. The van der Waals surface area contributed by atoms with Crippen LogP contribution in [0.25, 0.3) is 10.2 Å². The van der Waals surface area contributed by atoms with Crippen LogP contribution < -0.4 is 5.32 Å². The molecule has 26 heavy (non-hydrogen) atoms. The lowest BCUT2D eigenvalue weighted by Gasteiger charge is -2.31. The summed E-state index contributed by atoms with van der Waals surface area (Å²) in [6.07, 6.45) is -1.43. The van der Waals surface area contributed by atoms with Crippen molar-refractivity contribution in [3.8, 4) is 0 Å². The van der Waals surface area contributed by atoms with Gasteiger partial charge in [-0.3, -0.25) is 0 Å². The number of aromatic nitrogens is 2. The number of nitrogens with one attached hydrogen (secondary N) is 1. The highest BCUT2D eigenvalue weighted by Crippen LogP contribution is 2.39. The number of alkyl halides is 3. The van der Waals surface area contributed by atoms with Gasteiger partial charge < -0.3 is 10.1 Å². The number of anilines is 1. The number of hydrogen-bond acceptors (Lipinski definition) is 6. The third-order valence-electron chi connectivity index (χ3n) is 4.67. The Morgan fingerprint density at radius 1 is 1.38 bits per heavy atom. The standard InChI is InChI=1S/C17H20F3N3O2S/c1-3-25-16(24)13-9(2)12-14(21-8-22-15(12)26-13)23-11-6-4-5-10(7-11)17(18,19)20/h8,10-11H,3-7H2,1-2H3,(H,21,22,23)/t10-,11-/m0/s1. The van der Waals surface area contributed by atoms with Crippen molar-refractivity contribution in [2.24, 2.45) is 5.92 Å². The highest BCUT2D eigenvalue weighted by Gasteiger charge is 2.42. The first kappa shape index (κ1) is 18.9. The van der Waals surface area contributed by atoms with Crippen molar-refractivity contribution < 1.29 is 22.7 Å². The number of nitrogens with zero attached hydrogens (tertiary/aromatic N) is 2. The molecule has 0 spiro atoms. The van der Waals surface area contributed by atoms with E-state index >= 15 is 0 Å². The molecule has 5 nitrogen and oxygen atoms in total. The van der Waals surface area contributed by atoms with E-state index in [2.05, 4.69) is 15.3 Å². The second-order valence-corrected chi connectivity index (χ2v) is 7.42. The summed E-state index contributed by atoms with van der Waals surface area (Å²) in [7, 11) is 0. The Hall–Kier alpha value is -1.90. The Balaban J connectivity index is 1.87. The number of fused-ring (bicyclic) bond motifs is 1. The van der Waals surface area contributed by atoms with Gasteiger partial charge in [0.1, 0.15) is 21.9 Å². The molecule has 1 aliphatic rings. The van der Waals surface area contributed by atoms with Crippen molar-refractivity contribution in [2.75, 3.05) is 11.9 Å². The van der Waals surface area contributed by atoms with Crippen LogP contribution >= 0.6 is 11.3 Å². The molecule has 9 heteroatoms. The van der Waals surface area contributed by atoms with Crippen molar-refractivity contribution in [1.82, 2.24) is 9.97 Å². The zero-order valence-corrected chi connectivity index (χ0v) is 15.3. The van der Waals surface area contributed by atoms with E-state index in [4.69, 9.17) is 4.74 Å². The number of aryl methyl sites for hydroxylation is 1. The van der Waals surface area contributed by atoms with Crippen molar-refractivity contribution >= 4 is 33.3 Å². The first-order chi connectivity index (χ1) is 12.3. The first-order valence-electron chi connectivity index (χ1n) is 8.55. The maximum absolute atomic E-state index is 13.0. The maximum Gasteiger partial charge on any atom is 0.391 e. The lowest BCUT2D eigenvalue weighted by atomic mass is 9.85. The topological polar surface area (TPSA) is 64.1 Å². The van der Waals surface area contributed by atoms with E-state index in [1.54, 1.807) is 13.8 Å². The van der Waals surface area contributed by atoms with Crippen LogP contribution in [0.5, 0.6) is 0 Å². The van der Waals surface area contributed by atoms with Crippen LogP contribution in [-0.2, 0) is 4.74 Å². The molecule has 1 N–H and O–H groups in total. The number of carbonyl (C=O) groups excluding carboxylic acids is 1. The smallest absolute Gasteiger partial charge is 0.391 e. The van der Waals surface area contributed by atoms with E-state index in [-0.39, 0.29) is 25.5 Å². The first-order valence-corrected chi connectivity index (χ1v) is 9.37. The predicted octanol–water partition coefficient (Wildman–Crippen LogP) is 4.71. The minimum Gasteiger partial charge on any atom is -0.462 e. The van der Waals surface area contributed by atoms with Gasteiger partial charge in [0, 0.05) is 6.04 Å². The van der Waals surface area contributed by atoms with Crippen molar-refractivity contribution in [2.45, 2.75) is 51.7 Å². The normalized spacial score (nSPS) is 21.0. The van der Waals surface area contributed by atoms with Crippen molar-refractivity contribution in [3.05, 3.63) is 16.8 Å². The van der Waals surface area contributed by atoms with E-state index in [9.17, 15) is 18.0 Å². The Kier molecular flexibility index (Phi) is 5.36. The molecule has 0 radical (unpaired) electrons. The molecule has 0 aromatic carbocycles. The number of thiophene rings is 1. The molecule has 142 valence electrons. The molecule has 0 bridgehead atoms. The van der Waals surface area contributed by atoms with Crippen molar-refractivity contribution in [3.63, 3.8) is 0 Å². The molecule has 2 heterocycles. The van der Waals surface area contributed by atoms with Gasteiger partial charge in [-0.1, -0.05) is 6.42 Å². The molecule has 0 amide bonds. The van der Waals surface area contributed by atoms with Gasteiger partial charge in [0.2, 0.25) is 0 Å². The molecule has 2 atom stereocenters. The average Bonchev–Trinajstić information content (AvgIpc) is 2.93. The minimum atomic E-state index is -4.17. The summed E-state index contributed by atoms with van der Waals surface area (Å²) in [6, 6.07) is -0.307. The highest BCUT2D eigenvalue weighted by molar-refractivity contribution is 7.20. The van der Waals surface area contributed by atoms with Gasteiger partial charge in [-0.25, -0.2) is 14.8 Å². The molecule has 0 saturated heterocycles. The quantitative estimate of drug-likeness (QED) is 0.770. The van der Waals surface area contributed by atoms with Crippen LogP contribution in [0.15, 0.2) is 6.33 Å². The Morgan fingerprint density at radius 2 is 2.15 bits per heavy atom. The van der Waals surface area contributed by atoms with Gasteiger partial charge in [-0.2, -0.15) is 13.2 Å². The van der Waals surface area contributed by atoms with E-state index in [0.29, 0.717) is 39.3 Å². The second-order valence-electron chi connectivity index (χ2n) is 6.43. The van der Waals surface area contributed by atoms with E-state index < -0.39 is 18.1 Å².